The molecule has 0 saturated heterocycles. The van der Waals surface area contributed by atoms with Gasteiger partial charge in [-0.2, -0.15) is 0 Å². The fourth-order valence-electron chi connectivity index (χ4n) is 2.11. The van der Waals surface area contributed by atoms with Gasteiger partial charge in [0, 0.05) is 11.1 Å². The molecule has 1 aromatic carbocycles. The van der Waals surface area contributed by atoms with Gasteiger partial charge in [-0.05, 0) is 13.0 Å². The Balaban J connectivity index is 2.25. The van der Waals surface area contributed by atoms with Crippen LogP contribution in [0.3, 0.4) is 0 Å². The molecule has 1 unspecified atom stereocenters. The molecule has 0 spiro atoms. The summed E-state index contributed by atoms with van der Waals surface area (Å²) in [6.07, 6.45) is 6.08. The van der Waals surface area contributed by atoms with Gasteiger partial charge in [0.1, 0.15) is 0 Å². The minimum absolute atomic E-state index is 0.441. The van der Waals surface area contributed by atoms with Crippen molar-refractivity contribution in [1.82, 2.24) is 0 Å². The van der Waals surface area contributed by atoms with Gasteiger partial charge in [-0.25, -0.2) is 4.99 Å². The molecular weight excluding hydrogens is 184 g/mol. The van der Waals surface area contributed by atoms with Crippen molar-refractivity contribution in [1.29, 1.82) is 0 Å². The van der Waals surface area contributed by atoms with Crippen molar-refractivity contribution in [3.05, 3.63) is 48.1 Å². The van der Waals surface area contributed by atoms with E-state index in [0.29, 0.717) is 0 Å². The molecule has 0 fully saturated rings. The Labute approximate surface area is 88.8 Å². The minimum Gasteiger partial charge on any atom is -0.317 e. The van der Waals surface area contributed by atoms with Crippen LogP contribution in [-0.4, -0.2) is 11.3 Å². The van der Waals surface area contributed by atoms with Crippen LogP contribution in [0.5, 0.6) is 0 Å². The maximum absolute atomic E-state index is 6.18. The third-order valence-electron chi connectivity index (χ3n) is 2.90. The Bertz CT molecular complexity index is 519. The van der Waals surface area contributed by atoms with Gasteiger partial charge in [-0.1, -0.05) is 36.4 Å². The fourth-order valence-corrected chi connectivity index (χ4v) is 2.11. The largest absolute Gasteiger partial charge is 0.317 e. The second-order valence-corrected chi connectivity index (χ2v) is 4.20. The van der Waals surface area contributed by atoms with Gasteiger partial charge in [-0.3, -0.25) is 0 Å². The Morgan fingerprint density at radius 1 is 1.27 bits per heavy atom. The van der Waals surface area contributed by atoms with Crippen molar-refractivity contribution in [2.24, 2.45) is 10.7 Å². The van der Waals surface area contributed by atoms with Gasteiger partial charge in [0.15, 0.2) is 0 Å². The van der Waals surface area contributed by atoms with E-state index in [9.17, 15) is 0 Å². The van der Waals surface area contributed by atoms with Crippen molar-refractivity contribution in [3.8, 4) is 0 Å². The molecular formula is C13H12N2. The maximum atomic E-state index is 6.18. The summed E-state index contributed by atoms with van der Waals surface area (Å²) >= 11 is 0. The Hall–Kier alpha value is -1.67. The monoisotopic (exact) mass is 196 g/mol. The lowest BCUT2D eigenvalue weighted by Crippen LogP contribution is -2.43. The van der Waals surface area contributed by atoms with Gasteiger partial charge in [0.2, 0.25) is 0 Å². The molecule has 1 aliphatic carbocycles. The zero-order valence-corrected chi connectivity index (χ0v) is 8.57. The Kier molecular flexibility index (Phi) is 1.54. The number of nitrogens with two attached hydrogens (primary N) is 1. The highest BCUT2D eigenvalue weighted by Gasteiger charge is 2.33. The van der Waals surface area contributed by atoms with E-state index < -0.39 is 5.54 Å². The van der Waals surface area contributed by atoms with Crippen molar-refractivity contribution in [3.63, 3.8) is 0 Å². The van der Waals surface area contributed by atoms with Gasteiger partial charge in [0.25, 0.3) is 0 Å². The van der Waals surface area contributed by atoms with Crippen LogP contribution in [0.2, 0.25) is 0 Å². The molecule has 0 aromatic heterocycles. The standard InChI is InChI=1S/C13H12N2/c1-13(14)8-4-6-10-9-5-2-3-7-11(9)15-12(10)13/h2-8H,14H2,1H3. The number of para-hydroxylation sites is 1. The van der Waals surface area contributed by atoms with E-state index in [1.54, 1.807) is 0 Å². The van der Waals surface area contributed by atoms with Gasteiger partial charge in [0.05, 0.1) is 16.9 Å². The molecule has 0 radical (unpaired) electrons. The molecule has 1 atom stereocenters. The van der Waals surface area contributed by atoms with Crippen molar-refractivity contribution >= 4 is 17.0 Å². The van der Waals surface area contributed by atoms with E-state index >= 15 is 0 Å². The van der Waals surface area contributed by atoms with E-state index in [2.05, 4.69) is 17.1 Å². The van der Waals surface area contributed by atoms with Crippen molar-refractivity contribution in [2.45, 2.75) is 12.5 Å². The molecule has 3 rings (SSSR count). The van der Waals surface area contributed by atoms with Crippen LogP contribution in [0.1, 0.15) is 12.5 Å². The first-order valence-electron chi connectivity index (χ1n) is 5.06. The molecule has 2 N–H and O–H groups in total. The van der Waals surface area contributed by atoms with Crippen LogP contribution in [-0.2, 0) is 0 Å². The third-order valence-corrected chi connectivity index (χ3v) is 2.90. The number of hydrogen-bond donors (Lipinski definition) is 1. The van der Waals surface area contributed by atoms with E-state index in [1.165, 1.54) is 5.56 Å². The number of rotatable bonds is 0. The zero-order chi connectivity index (χ0) is 10.5. The highest BCUT2D eigenvalue weighted by atomic mass is 14.9. The topological polar surface area (TPSA) is 38.4 Å². The normalized spacial score (nSPS) is 26.8. The molecule has 0 amide bonds. The molecule has 2 nitrogen and oxygen atoms in total. The summed E-state index contributed by atoms with van der Waals surface area (Å²) in [5, 5.41) is 0. The molecule has 2 heteroatoms. The van der Waals surface area contributed by atoms with Gasteiger partial charge < -0.3 is 5.73 Å². The smallest absolute Gasteiger partial charge is 0.0750 e. The average Bonchev–Trinajstić information content (AvgIpc) is 2.58. The van der Waals surface area contributed by atoms with Gasteiger partial charge >= 0.3 is 0 Å². The highest BCUT2D eigenvalue weighted by molar-refractivity contribution is 6.34. The number of allylic oxidation sites excluding steroid dienone is 2. The second-order valence-electron chi connectivity index (χ2n) is 4.20. The molecule has 15 heavy (non-hydrogen) atoms. The van der Waals surface area contributed by atoms with Crippen LogP contribution in [0.4, 0.5) is 5.69 Å². The van der Waals surface area contributed by atoms with Gasteiger partial charge in [-0.15, -0.1) is 0 Å². The summed E-state index contributed by atoms with van der Waals surface area (Å²) in [6.45, 7) is 1.99. The van der Waals surface area contributed by atoms with Crippen molar-refractivity contribution in [2.75, 3.05) is 0 Å². The summed E-state index contributed by atoms with van der Waals surface area (Å²) in [5.41, 5.74) is 10.1. The van der Waals surface area contributed by atoms with Crippen molar-refractivity contribution < 1.29 is 0 Å². The molecule has 0 bridgehead atoms. The SMILES string of the molecule is CC1(N)C=CC=C2C1=Nc1ccccc12. The zero-order valence-electron chi connectivity index (χ0n) is 8.57. The van der Waals surface area contributed by atoms with Crippen LogP contribution >= 0.6 is 0 Å². The van der Waals surface area contributed by atoms with Crippen LogP contribution in [0.25, 0.3) is 5.57 Å². The quantitative estimate of drug-likeness (QED) is 0.680. The predicted molar refractivity (Wildman–Crippen MR) is 63.2 cm³/mol. The summed E-state index contributed by atoms with van der Waals surface area (Å²) in [4.78, 5) is 4.60. The average molecular weight is 196 g/mol. The molecule has 0 saturated carbocycles. The Morgan fingerprint density at radius 3 is 2.93 bits per heavy atom. The summed E-state index contributed by atoms with van der Waals surface area (Å²) in [7, 11) is 0. The number of aliphatic imine (C=N–C) groups is 1. The lowest BCUT2D eigenvalue weighted by Gasteiger charge is -2.24. The lowest BCUT2D eigenvalue weighted by molar-refractivity contribution is 0.786. The molecule has 1 heterocycles. The Morgan fingerprint density at radius 2 is 2.07 bits per heavy atom. The van der Waals surface area contributed by atoms with E-state index in [0.717, 1.165) is 17.0 Å². The number of benzene rings is 1. The predicted octanol–water partition coefficient (Wildman–Crippen LogP) is 2.44. The maximum Gasteiger partial charge on any atom is 0.0750 e. The lowest BCUT2D eigenvalue weighted by atomic mass is 9.85. The minimum atomic E-state index is -0.441. The first kappa shape index (κ1) is 8.62. The first-order chi connectivity index (χ1) is 7.18. The third kappa shape index (κ3) is 1.12. The number of fused-ring (bicyclic) bond motifs is 3. The molecule has 1 aromatic rings. The first-order valence-corrected chi connectivity index (χ1v) is 5.06. The number of hydrogen-bond acceptors (Lipinski definition) is 2. The van der Waals surface area contributed by atoms with E-state index in [4.69, 9.17) is 5.73 Å². The summed E-state index contributed by atoms with van der Waals surface area (Å²) in [5.74, 6) is 0. The van der Waals surface area contributed by atoms with E-state index in [-0.39, 0.29) is 0 Å². The van der Waals surface area contributed by atoms with Crippen LogP contribution in [0, 0.1) is 0 Å². The highest BCUT2D eigenvalue weighted by Crippen LogP contribution is 2.39. The van der Waals surface area contributed by atoms with Crippen LogP contribution < -0.4 is 5.73 Å². The second kappa shape index (κ2) is 2.67. The molecule has 74 valence electrons. The summed E-state index contributed by atoms with van der Waals surface area (Å²) in [6, 6.07) is 8.15. The molecule has 1 aliphatic heterocycles. The molecule has 2 aliphatic rings. The van der Waals surface area contributed by atoms with E-state index in [1.807, 2.05) is 37.3 Å². The summed E-state index contributed by atoms with van der Waals surface area (Å²) < 4.78 is 0. The number of nitrogens with zero attached hydrogens (tertiary/aromatic N) is 1. The fraction of sp³-hybridized carbons (Fsp3) is 0.154. The van der Waals surface area contributed by atoms with Crippen LogP contribution in [0.15, 0.2) is 47.5 Å².